The van der Waals surface area contributed by atoms with E-state index in [2.05, 4.69) is 11.3 Å². The average Bonchev–Trinajstić information content (AvgIpc) is 2.53. The zero-order valence-electron chi connectivity index (χ0n) is 13.5. The fourth-order valence-electron chi connectivity index (χ4n) is 1.92. The first-order chi connectivity index (χ1) is 10.9. The summed E-state index contributed by atoms with van der Waals surface area (Å²) in [5.41, 5.74) is 0. The topological polar surface area (TPSA) is 84.9 Å². The van der Waals surface area contributed by atoms with Crippen molar-refractivity contribution in [1.29, 1.82) is 0 Å². The molecule has 7 nitrogen and oxygen atoms in total. The lowest BCUT2D eigenvalue weighted by molar-refractivity contribution is -0.128. The molecule has 0 atom stereocenters. The Morgan fingerprint density at radius 3 is 2.57 bits per heavy atom. The van der Waals surface area contributed by atoms with Crippen LogP contribution in [0.2, 0.25) is 0 Å². The molecule has 0 radical (unpaired) electrons. The summed E-state index contributed by atoms with van der Waals surface area (Å²) in [5, 5.41) is 0. The van der Waals surface area contributed by atoms with Gasteiger partial charge in [0.1, 0.15) is 16.4 Å². The number of carbonyl (C=O) groups is 1. The number of nitrogens with zero attached hydrogens (tertiary/aromatic N) is 1. The summed E-state index contributed by atoms with van der Waals surface area (Å²) in [5.74, 6) is 0.471. The van der Waals surface area contributed by atoms with Gasteiger partial charge in [0.15, 0.2) is 0 Å². The third kappa shape index (κ3) is 5.26. The summed E-state index contributed by atoms with van der Waals surface area (Å²) < 4.78 is 37.4. The number of sulfonamides is 1. The number of nitrogens with one attached hydrogen (secondary N) is 1. The number of hydrogen-bond donors (Lipinski definition) is 1. The number of methoxy groups -OCH3 is 2. The van der Waals surface area contributed by atoms with Gasteiger partial charge in [0.05, 0.1) is 14.2 Å². The normalized spacial score (nSPS) is 10.9. The maximum Gasteiger partial charge on any atom is 0.244 e. The number of hydrogen-bond acceptors (Lipinski definition) is 5. The Morgan fingerprint density at radius 2 is 2.04 bits per heavy atom. The van der Waals surface area contributed by atoms with Crippen molar-refractivity contribution in [3.8, 4) is 11.5 Å². The van der Waals surface area contributed by atoms with Gasteiger partial charge in [0, 0.05) is 32.6 Å². The number of rotatable bonds is 9. The summed E-state index contributed by atoms with van der Waals surface area (Å²) in [7, 11) is -0.949. The number of ether oxygens (including phenoxy) is 2. The van der Waals surface area contributed by atoms with Crippen LogP contribution in [0.3, 0.4) is 0 Å². The summed E-state index contributed by atoms with van der Waals surface area (Å²) in [4.78, 5) is 12.9. The Hall–Kier alpha value is -2.06. The number of benzene rings is 1. The van der Waals surface area contributed by atoms with Crippen LogP contribution in [0.1, 0.15) is 6.92 Å². The van der Waals surface area contributed by atoms with E-state index in [0.29, 0.717) is 12.3 Å². The predicted molar refractivity (Wildman–Crippen MR) is 87.2 cm³/mol. The van der Waals surface area contributed by atoms with E-state index in [1.54, 1.807) is 12.1 Å². The van der Waals surface area contributed by atoms with Gasteiger partial charge in [-0.1, -0.05) is 6.08 Å². The van der Waals surface area contributed by atoms with Crippen LogP contribution in [0, 0.1) is 0 Å². The van der Waals surface area contributed by atoms with E-state index in [0.717, 1.165) is 0 Å². The molecule has 0 heterocycles. The smallest absolute Gasteiger partial charge is 0.244 e. The van der Waals surface area contributed by atoms with Gasteiger partial charge in [-0.15, -0.1) is 6.58 Å². The lowest BCUT2D eigenvalue weighted by Crippen LogP contribution is -2.37. The zero-order chi connectivity index (χ0) is 17.5. The van der Waals surface area contributed by atoms with Gasteiger partial charge in [-0.05, 0) is 12.1 Å². The van der Waals surface area contributed by atoms with Gasteiger partial charge in [-0.25, -0.2) is 13.1 Å². The van der Waals surface area contributed by atoms with Crippen molar-refractivity contribution in [3.63, 3.8) is 0 Å². The van der Waals surface area contributed by atoms with Crippen LogP contribution in [-0.4, -0.2) is 53.1 Å². The molecule has 128 valence electrons. The van der Waals surface area contributed by atoms with E-state index in [9.17, 15) is 13.2 Å². The molecule has 0 aromatic heterocycles. The fourth-order valence-corrected chi connectivity index (χ4v) is 3.12. The quantitative estimate of drug-likeness (QED) is 0.677. The summed E-state index contributed by atoms with van der Waals surface area (Å²) in [6.45, 7) is 5.67. The van der Waals surface area contributed by atoms with E-state index >= 15 is 0 Å². The molecule has 0 aliphatic carbocycles. The van der Waals surface area contributed by atoms with Crippen LogP contribution in [-0.2, 0) is 14.8 Å². The fraction of sp³-hybridized carbons (Fsp3) is 0.400. The second kappa shape index (κ2) is 8.54. The highest BCUT2D eigenvalue weighted by molar-refractivity contribution is 7.89. The first-order valence-corrected chi connectivity index (χ1v) is 8.42. The summed E-state index contributed by atoms with van der Waals surface area (Å²) in [6, 6.07) is 4.51. The van der Waals surface area contributed by atoms with Crippen molar-refractivity contribution in [2.75, 3.05) is 33.9 Å². The minimum Gasteiger partial charge on any atom is -0.497 e. The van der Waals surface area contributed by atoms with Crippen molar-refractivity contribution >= 4 is 15.9 Å². The molecule has 0 aliphatic heterocycles. The Kier molecular flexibility index (Phi) is 7.05. The van der Waals surface area contributed by atoms with Gasteiger partial charge in [0.2, 0.25) is 15.9 Å². The molecule has 0 spiro atoms. The van der Waals surface area contributed by atoms with Crippen molar-refractivity contribution < 1.29 is 22.7 Å². The van der Waals surface area contributed by atoms with Crippen LogP contribution in [0.5, 0.6) is 11.5 Å². The van der Waals surface area contributed by atoms with Crippen molar-refractivity contribution in [2.45, 2.75) is 11.8 Å². The predicted octanol–water partition coefficient (Wildman–Crippen LogP) is 1.02. The van der Waals surface area contributed by atoms with E-state index in [-0.39, 0.29) is 29.6 Å². The van der Waals surface area contributed by atoms with Gasteiger partial charge in [0.25, 0.3) is 0 Å². The molecule has 8 heteroatoms. The average molecular weight is 342 g/mol. The SMILES string of the molecule is C=CCN(CCNS(=O)(=O)c1cc(OC)ccc1OC)C(C)=O. The second-order valence-electron chi connectivity index (χ2n) is 4.67. The van der Waals surface area contributed by atoms with Crippen molar-refractivity contribution in [1.82, 2.24) is 9.62 Å². The summed E-state index contributed by atoms with van der Waals surface area (Å²) >= 11 is 0. The van der Waals surface area contributed by atoms with E-state index in [1.165, 1.54) is 38.2 Å². The van der Waals surface area contributed by atoms with E-state index < -0.39 is 10.0 Å². The van der Waals surface area contributed by atoms with Crippen LogP contribution < -0.4 is 14.2 Å². The molecular weight excluding hydrogens is 320 g/mol. The highest BCUT2D eigenvalue weighted by atomic mass is 32.2. The maximum atomic E-state index is 12.4. The van der Waals surface area contributed by atoms with Gasteiger partial charge in [-0.2, -0.15) is 0 Å². The van der Waals surface area contributed by atoms with Gasteiger partial charge < -0.3 is 14.4 Å². The first-order valence-electron chi connectivity index (χ1n) is 6.93. The molecule has 0 saturated carbocycles. The highest BCUT2D eigenvalue weighted by Gasteiger charge is 2.20. The maximum absolute atomic E-state index is 12.4. The first kappa shape index (κ1) is 19.0. The van der Waals surface area contributed by atoms with Crippen LogP contribution >= 0.6 is 0 Å². The zero-order valence-corrected chi connectivity index (χ0v) is 14.4. The van der Waals surface area contributed by atoms with E-state index in [1.807, 2.05) is 0 Å². The lowest BCUT2D eigenvalue weighted by atomic mass is 10.3. The minimum atomic E-state index is -3.79. The molecular formula is C15H22N2O5S. The van der Waals surface area contributed by atoms with Crippen LogP contribution in [0.15, 0.2) is 35.7 Å². The molecule has 0 aliphatic rings. The summed E-state index contributed by atoms with van der Waals surface area (Å²) in [6.07, 6.45) is 1.58. The Morgan fingerprint density at radius 1 is 1.35 bits per heavy atom. The third-order valence-electron chi connectivity index (χ3n) is 3.13. The molecule has 1 aromatic rings. The minimum absolute atomic E-state index is 0.0163. The van der Waals surface area contributed by atoms with Crippen molar-refractivity contribution in [2.24, 2.45) is 0 Å². The van der Waals surface area contributed by atoms with Crippen LogP contribution in [0.25, 0.3) is 0 Å². The second-order valence-corrected chi connectivity index (χ2v) is 6.40. The van der Waals surface area contributed by atoms with Gasteiger partial charge in [-0.3, -0.25) is 4.79 Å². The molecule has 1 rings (SSSR count). The molecule has 23 heavy (non-hydrogen) atoms. The standard InChI is InChI=1S/C15H22N2O5S/c1-5-9-17(12(2)18)10-8-16-23(19,20)15-11-13(21-3)6-7-14(15)22-4/h5-7,11,16H,1,8-10H2,2-4H3. The molecule has 1 amide bonds. The van der Waals surface area contributed by atoms with Crippen LogP contribution in [0.4, 0.5) is 0 Å². The number of carbonyl (C=O) groups excluding carboxylic acids is 1. The lowest BCUT2D eigenvalue weighted by Gasteiger charge is -2.19. The highest BCUT2D eigenvalue weighted by Crippen LogP contribution is 2.27. The number of amides is 1. The monoisotopic (exact) mass is 342 g/mol. The van der Waals surface area contributed by atoms with E-state index in [4.69, 9.17) is 9.47 Å². The van der Waals surface area contributed by atoms with Gasteiger partial charge >= 0.3 is 0 Å². The molecule has 0 unspecified atom stereocenters. The molecule has 0 bridgehead atoms. The largest absolute Gasteiger partial charge is 0.497 e. The molecule has 1 N–H and O–H groups in total. The van der Waals surface area contributed by atoms with Crippen molar-refractivity contribution in [3.05, 3.63) is 30.9 Å². The molecule has 0 fully saturated rings. The Bertz CT molecular complexity index is 658. The molecule has 0 saturated heterocycles. The Labute approximate surface area is 136 Å². The third-order valence-corrected chi connectivity index (χ3v) is 4.61. The molecule has 1 aromatic carbocycles. The Balaban J connectivity index is 2.87.